The number of benzene rings is 2. The molecule has 1 aromatic heterocycles. The summed E-state index contributed by atoms with van der Waals surface area (Å²) in [6.07, 6.45) is 1.79. The van der Waals surface area contributed by atoms with Crippen molar-refractivity contribution in [2.75, 3.05) is 31.1 Å². The van der Waals surface area contributed by atoms with Gasteiger partial charge in [-0.2, -0.15) is 0 Å². The van der Waals surface area contributed by atoms with Crippen molar-refractivity contribution in [3.63, 3.8) is 0 Å². The zero-order valence-electron chi connectivity index (χ0n) is 16.1. The van der Waals surface area contributed by atoms with Crippen LogP contribution in [0.1, 0.15) is 5.56 Å². The molecule has 156 valence electrons. The van der Waals surface area contributed by atoms with Gasteiger partial charge in [-0.1, -0.05) is 24.3 Å². The molecule has 2 aromatic carbocycles. The summed E-state index contributed by atoms with van der Waals surface area (Å²) in [7, 11) is -4.00. The van der Waals surface area contributed by atoms with Crippen LogP contribution < -0.4 is 10.0 Å². The van der Waals surface area contributed by atoms with Crippen molar-refractivity contribution < 1.29 is 13.3 Å². The molecule has 3 aromatic rings. The molecule has 0 spiro atoms. The molecule has 0 radical (unpaired) electrons. The lowest BCUT2D eigenvalue weighted by Crippen LogP contribution is -2.46. The number of hydrogen-bond donors (Lipinski definition) is 1. The molecule has 4 rings (SSSR count). The molecule has 2 N–H and O–H groups in total. The lowest BCUT2D eigenvalue weighted by Gasteiger charge is -2.36. The predicted octanol–water partition coefficient (Wildman–Crippen LogP) is 2.11. The number of para-hydroxylation sites is 1. The lowest BCUT2D eigenvalue weighted by molar-refractivity contribution is -0.384. The monoisotopic (exact) mass is 427 g/mol. The van der Waals surface area contributed by atoms with Crippen LogP contribution in [0.25, 0.3) is 10.9 Å². The van der Waals surface area contributed by atoms with Crippen LogP contribution in [0.3, 0.4) is 0 Å². The Morgan fingerprint density at radius 3 is 2.50 bits per heavy atom. The van der Waals surface area contributed by atoms with Crippen molar-refractivity contribution >= 4 is 32.3 Å². The Morgan fingerprint density at radius 1 is 1.07 bits per heavy atom. The van der Waals surface area contributed by atoms with E-state index in [2.05, 4.69) is 16.0 Å². The average molecular weight is 427 g/mol. The molecule has 0 atom stereocenters. The standard InChI is InChI=1S/C20H21N5O4S/c21-30(28,29)17-6-7-18(19(13-17)25(26)27)24-11-9-23(10-12-24)14-16-4-1-3-15-5-2-8-22-20(15)16/h1-8,13H,9-12,14H2,(H2,21,28,29). The molecule has 0 saturated carbocycles. The molecule has 0 amide bonds. The highest BCUT2D eigenvalue weighted by atomic mass is 32.2. The average Bonchev–Trinajstić information content (AvgIpc) is 2.73. The van der Waals surface area contributed by atoms with Crippen LogP contribution in [0, 0.1) is 10.1 Å². The van der Waals surface area contributed by atoms with Crippen LogP contribution in [0.2, 0.25) is 0 Å². The van der Waals surface area contributed by atoms with E-state index in [4.69, 9.17) is 5.14 Å². The summed E-state index contributed by atoms with van der Waals surface area (Å²) in [4.78, 5) is 19.3. The van der Waals surface area contributed by atoms with E-state index in [-0.39, 0.29) is 10.6 Å². The topological polar surface area (TPSA) is 123 Å². The third-order valence-electron chi connectivity index (χ3n) is 5.30. The van der Waals surface area contributed by atoms with Gasteiger partial charge in [0.1, 0.15) is 5.69 Å². The van der Waals surface area contributed by atoms with Crippen molar-refractivity contribution in [3.8, 4) is 0 Å². The molecule has 2 heterocycles. The van der Waals surface area contributed by atoms with Gasteiger partial charge in [-0.15, -0.1) is 0 Å². The molecule has 1 aliphatic rings. The molecule has 0 aliphatic carbocycles. The lowest BCUT2D eigenvalue weighted by atomic mass is 10.1. The van der Waals surface area contributed by atoms with Gasteiger partial charge in [0.2, 0.25) is 10.0 Å². The Morgan fingerprint density at radius 2 is 1.80 bits per heavy atom. The van der Waals surface area contributed by atoms with Gasteiger partial charge in [-0.25, -0.2) is 13.6 Å². The maximum atomic E-state index is 11.5. The van der Waals surface area contributed by atoms with E-state index in [0.717, 1.165) is 42.2 Å². The van der Waals surface area contributed by atoms with Gasteiger partial charge in [0, 0.05) is 50.4 Å². The highest BCUT2D eigenvalue weighted by Gasteiger charge is 2.26. The number of pyridine rings is 1. The second kappa shape index (κ2) is 7.98. The number of rotatable bonds is 5. The first kappa shape index (κ1) is 20.2. The Bertz CT molecular complexity index is 1200. The van der Waals surface area contributed by atoms with Gasteiger partial charge in [0.25, 0.3) is 5.69 Å². The van der Waals surface area contributed by atoms with Crippen molar-refractivity contribution in [1.82, 2.24) is 9.88 Å². The number of anilines is 1. The highest BCUT2D eigenvalue weighted by molar-refractivity contribution is 7.89. The van der Waals surface area contributed by atoms with Crippen LogP contribution in [0.4, 0.5) is 11.4 Å². The van der Waals surface area contributed by atoms with Crippen LogP contribution in [-0.2, 0) is 16.6 Å². The quantitative estimate of drug-likeness (QED) is 0.489. The molecular weight excluding hydrogens is 406 g/mol. The van der Waals surface area contributed by atoms with E-state index in [1.54, 1.807) is 6.20 Å². The number of aromatic nitrogens is 1. The van der Waals surface area contributed by atoms with Gasteiger partial charge in [-0.05, 0) is 23.8 Å². The van der Waals surface area contributed by atoms with Crippen molar-refractivity contribution in [2.45, 2.75) is 11.4 Å². The largest absolute Gasteiger partial charge is 0.363 e. The summed E-state index contributed by atoms with van der Waals surface area (Å²) in [6, 6.07) is 13.9. The number of nitro benzene ring substituents is 1. The Balaban J connectivity index is 1.50. The molecule has 10 heteroatoms. The van der Waals surface area contributed by atoms with Gasteiger partial charge >= 0.3 is 0 Å². The van der Waals surface area contributed by atoms with E-state index < -0.39 is 14.9 Å². The Kier molecular flexibility index (Phi) is 5.37. The number of sulfonamides is 1. The third kappa shape index (κ3) is 4.11. The van der Waals surface area contributed by atoms with E-state index in [9.17, 15) is 18.5 Å². The number of piperazine rings is 1. The Labute approximate surface area is 173 Å². The normalized spacial score (nSPS) is 15.4. The van der Waals surface area contributed by atoms with Crippen LogP contribution >= 0.6 is 0 Å². The van der Waals surface area contributed by atoms with Crippen LogP contribution in [0.15, 0.2) is 59.6 Å². The van der Waals surface area contributed by atoms with Crippen molar-refractivity contribution in [2.24, 2.45) is 5.14 Å². The zero-order chi connectivity index (χ0) is 21.3. The van der Waals surface area contributed by atoms with E-state index in [1.807, 2.05) is 29.2 Å². The minimum atomic E-state index is -4.00. The van der Waals surface area contributed by atoms with E-state index in [0.29, 0.717) is 18.8 Å². The number of nitro groups is 1. The zero-order valence-corrected chi connectivity index (χ0v) is 17.0. The van der Waals surface area contributed by atoms with E-state index in [1.165, 1.54) is 12.1 Å². The fraction of sp³-hybridized carbons (Fsp3) is 0.250. The second-order valence-electron chi connectivity index (χ2n) is 7.21. The summed E-state index contributed by atoms with van der Waals surface area (Å²) < 4.78 is 23.1. The fourth-order valence-corrected chi connectivity index (χ4v) is 4.31. The highest BCUT2D eigenvalue weighted by Crippen LogP contribution is 2.31. The van der Waals surface area contributed by atoms with Gasteiger partial charge in [0.15, 0.2) is 0 Å². The summed E-state index contributed by atoms with van der Waals surface area (Å²) in [6.45, 7) is 3.37. The second-order valence-corrected chi connectivity index (χ2v) is 8.77. The number of fused-ring (bicyclic) bond motifs is 1. The molecular formula is C20H21N5O4S. The number of hydrogen-bond acceptors (Lipinski definition) is 7. The SMILES string of the molecule is NS(=O)(=O)c1ccc(N2CCN(Cc3cccc4cccnc34)CC2)c([N+](=O)[O-])c1. The summed E-state index contributed by atoms with van der Waals surface area (Å²) >= 11 is 0. The first-order valence-corrected chi connectivity index (χ1v) is 11.0. The summed E-state index contributed by atoms with van der Waals surface area (Å²) in [5.74, 6) is 0. The minimum Gasteiger partial charge on any atom is -0.363 e. The Hall–Kier alpha value is -3.08. The van der Waals surface area contributed by atoms with Crippen LogP contribution in [0.5, 0.6) is 0 Å². The number of nitrogens with two attached hydrogens (primary N) is 1. The van der Waals surface area contributed by atoms with Gasteiger partial charge in [0.05, 0.1) is 15.3 Å². The predicted molar refractivity (Wildman–Crippen MR) is 114 cm³/mol. The molecule has 0 unspecified atom stereocenters. The smallest absolute Gasteiger partial charge is 0.293 e. The molecule has 0 bridgehead atoms. The molecule has 9 nitrogen and oxygen atoms in total. The molecule has 1 aliphatic heterocycles. The van der Waals surface area contributed by atoms with Gasteiger partial charge < -0.3 is 4.90 Å². The fourth-order valence-electron chi connectivity index (χ4n) is 3.78. The number of primary sulfonamides is 1. The maximum absolute atomic E-state index is 11.5. The minimum absolute atomic E-state index is 0.256. The van der Waals surface area contributed by atoms with Gasteiger partial charge in [-0.3, -0.25) is 20.0 Å². The van der Waals surface area contributed by atoms with Crippen molar-refractivity contribution in [1.29, 1.82) is 0 Å². The molecule has 1 saturated heterocycles. The van der Waals surface area contributed by atoms with E-state index >= 15 is 0 Å². The summed E-state index contributed by atoms with van der Waals surface area (Å²) in [5.41, 5.74) is 2.27. The summed E-state index contributed by atoms with van der Waals surface area (Å²) in [5, 5.41) is 17.7. The van der Waals surface area contributed by atoms with Crippen LogP contribution in [-0.4, -0.2) is 49.4 Å². The first-order valence-electron chi connectivity index (χ1n) is 9.44. The van der Waals surface area contributed by atoms with Crippen molar-refractivity contribution in [3.05, 3.63) is 70.4 Å². The number of nitrogens with zero attached hydrogens (tertiary/aromatic N) is 4. The maximum Gasteiger partial charge on any atom is 0.293 e. The first-order chi connectivity index (χ1) is 14.3. The third-order valence-corrected chi connectivity index (χ3v) is 6.21. The molecule has 30 heavy (non-hydrogen) atoms. The molecule has 1 fully saturated rings.